The number of urea groups is 1. The zero-order valence-corrected chi connectivity index (χ0v) is 10.0. The average molecular weight is 258 g/mol. The van der Waals surface area contributed by atoms with Crippen LogP contribution in [0.4, 0.5) is 4.79 Å². The number of primary amides is 1. The SMILES string of the molecule is NC(=O)CN(CC(=O)O)C(=O)N1CCCC(N)C1. The Morgan fingerprint density at radius 2 is 2.00 bits per heavy atom. The predicted molar refractivity (Wildman–Crippen MR) is 62.6 cm³/mol. The molecule has 0 aromatic rings. The first-order valence-electron chi connectivity index (χ1n) is 5.69. The third kappa shape index (κ3) is 4.21. The molecule has 0 aromatic heterocycles. The molecule has 0 radical (unpaired) electrons. The van der Waals surface area contributed by atoms with Gasteiger partial charge in [0, 0.05) is 19.1 Å². The lowest BCUT2D eigenvalue weighted by Crippen LogP contribution is -2.53. The van der Waals surface area contributed by atoms with Gasteiger partial charge in [-0.2, -0.15) is 0 Å². The van der Waals surface area contributed by atoms with Gasteiger partial charge in [-0.1, -0.05) is 0 Å². The lowest BCUT2D eigenvalue weighted by molar-refractivity contribution is -0.138. The molecule has 8 heteroatoms. The van der Waals surface area contributed by atoms with E-state index in [1.54, 1.807) is 0 Å². The predicted octanol–water partition coefficient (Wildman–Crippen LogP) is -1.60. The molecule has 0 spiro atoms. The number of aliphatic carboxylic acids is 1. The van der Waals surface area contributed by atoms with E-state index in [1.165, 1.54) is 4.90 Å². The first-order chi connectivity index (χ1) is 8.40. The molecular weight excluding hydrogens is 240 g/mol. The van der Waals surface area contributed by atoms with Gasteiger partial charge in [0.25, 0.3) is 0 Å². The molecule has 1 unspecified atom stereocenters. The van der Waals surface area contributed by atoms with Crippen LogP contribution in [-0.4, -0.2) is 65.0 Å². The number of nitrogens with zero attached hydrogens (tertiary/aromatic N) is 2. The third-order valence-electron chi connectivity index (χ3n) is 2.67. The molecule has 102 valence electrons. The van der Waals surface area contributed by atoms with Crippen LogP contribution in [0, 0.1) is 0 Å². The quantitative estimate of drug-likeness (QED) is 0.559. The van der Waals surface area contributed by atoms with Crippen LogP contribution in [0.5, 0.6) is 0 Å². The van der Waals surface area contributed by atoms with Gasteiger partial charge in [0.2, 0.25) is 5.91 Å². The van der Waals surface area contributed by atoms with E-state index in [2.05, 4.69) is 0 Å². The molecular formula is C10H18N4O4. The Kier molecular flexibility index (Phi) is 4.90. The Morgan fingerprint density at radius 1 is 1.33 bits per heavy atom. The summed E-state index contributed by atoms with van der Waals surface area (Å²) in [5, 5.41) is 8.71. The zero-order valence-electron chi connectivity index (χ0n) is 10.0. The van der Waals surface area contributed by atoms with Crippen LogP contribution in [0.15, 0.2) is 0 Å². The van der Waals surface area contributed by atoms with Crippen LogP contribution in [0.25, 0.3) is 0 Å². The highest BCUT2D eigenvalue weighted by Gasteiger charge is 2.27. The minimum absolute atomic E-state index is 0.108. The van der Waals surface area contributed by atoms with Gasteiger partial charge in [0.15, 0.2) is 0 Å². The molecule has 0 bridgehead atoms. The summed E-state index contributed by atoms with van der Waals surface area (Å²) in [5.41, 5.74) is 10.7. The van der Waals surface area contributed by atoms with Crippen LogP contribution in [-0.2, 0) is 9.59 Å². The minimum atomic E-state index is -1.19. The summed E-state index contributed by atoms with van der Waals surface area (Å²) >= 11 is 0. The summed E-state index contributed by atoms with van der Waals surface area (Å²) < 4.78 is 0. The van der Waals surface area contributed by atoms with Crippen molar-refractivity contribution in [2.75, 3.05) is 26.2 Å². The van der Waals surface area contributed by atoms with Gasteiger partial charge in [-0.05, 0) is 12.8 Å². The number of carbonyl (C=O) groups excluding carboxylic acids is 2. The number of likely N-dealkylation sites (tertiary alicyclic amines) is 1. The fourth-order valence-corrected chi connectivity index (χ4v) is 1.93. The molecule has 3 amide bonds. The molecule has 0 aromatic carbocycles. The number of nitrogens with two attached hydrogens (primary N) is 2. The first kappa shape index (κ1) is 14.2. The Labute approximate surface area is 104 Å². The molecule has 8 nitrogen and oxygen atoms in total. The Bertz CT molecular complexity index is 331. The lowest BCUT2D eigenvalue weighted by Gasteiger charge is -2.34. The standard InChI is InChI=1S/C10H18N4O4/c11-7-2-1-3-13(4-7)10(18)14(5-8(12)15)6-9(16)17/h7H,1-6,11H2,(H2,12,15)(H,16,17). The van der Waals surface area contributed by atoms with Crippen molar-refractivity contribution in [3.05, 3.63) is 0 Å². The van der Waals surface area contributed by atoms with Gasteiger partial charge in [-0.15, -0.1) is 0 Å². The third-order valence-corrected chi connectivity index (χ3v) is 2.67. The van der Waals surface area contributed by atoms with Crippen LogP contribution in [0.3, 0.4) is 0 Å². The van der Waals surface area contributed by atoms with E-state index in [9.17, 15) is 14.4 Å². The normalized spacial score (nSPS) is 19.4. The molecule has 18 heavy (non-hydrogen) atoms. The number of carboxylic acids is 1. The summed E-state index contributed by atoms with van der Waals surface area (Å²) in [4.78, 5) is 35.9. The van der Waals surface area contributed by atoms with Crippen molar-refractivity contribution in [2.24, 2.45) is 11.5 Å². The Balaban J connectivity index is 2.67. The summed E-state index contributed by atoms with van der Waals surface area (Å²) in [5.74, 6) is -1.93. The molecule has 1 atom stereocenters. The number of amides is 3. The van der Waals surface area contributed by atoms with Crippen molar-refractivity contribution in [3.63, 3.8) is 0 Å². The summed E-state index contributed by atoms with van der Waals surface area (Å²) in [6.45, 7) is -0.0699. The van der Waals surface area contributed by atoms with E-state index < -0.39 is 31.0 Å². The fraction of sp³-hybridized carbons (Fsp3) is 0.700. The molecule has 1 saturated heterocycles. The van der Waals surface area contributed by atoms with E-state index in [-0.39, 0.29) is 6.04 Å². The highest BCUT2D eigenvalue weighted by molar-refractivity contribution is 5.86. The van der Waals surface area contributed by atoms with Crippen LogP contribution in [0.2, 0.25) is 0 Å². The maximum Gasteiger partial charge on any atom is 0.323 e. The highest BCUT2D eigenvalue weighted by Crippen LogP contribution is 2.10. The maximum atomic E-state index is 12.0. The van der Waals surface area contributed by atoms with Crippen molar-refractivity contribution in [2.45, 2.75) is 18.9 Å². The van der Waals surface area contributed by atoms with Crippen LogP contribution in [0.1, 0.15) is 12.8 Å². The van der Waals surface area contributed by atoms with Crippen molar-refractivity contribution in [1.82, 2.24) is 9.80 Å². The first-order valence-corrected chi connectivity index (χ1v) is 5.69. The molecule has 0 saturated carbocycles. The molecule has 1 heterocycles. The molecule has 1 fully saturated rings. The van der Waals surface area contributed by atoms with Gasteiger partial charge < -0.3 is 26.4 Å². The number of carboxylic acid groups (broad SMARTS) is 1. The van der Waals surface area contributed by atoms with Crippen LogP contribution < -0.4 is 11.5 Å². The summed E-state index contributed by atoms with van der Waals surface area (Å²) in [7, 11) is 0. The maximum absolute atomic E-state index is 12.0. The smallest absolute Gasteiger partial charge is 0.323 e. The van der Waals surface area contributed by atoms with Crippen molar-refractivity contribution < 1.29 is 19.5 Å². The van der Waals surface area contributed by atoms with Gasteiger partial charge in [0.1, 0.15) is 13.1 Å². The number of hydrogen-bond acceptors (Lipinski definition) is 4. The van der Waals surface area contributed by atoms with Crippen molar-refractivity contribution in [3.8, 4) is 0 Å². The second-order valence-corrected chi connectivity index (χ2v) is 4.35. The average Bonchev–Trinajstić information content (AvgIpc) is 2.26. The summed E-state index contributed by atoms with van der Waals surface area (Å²) in [6, 6.07) is -0.616. The van der Waals surface area contributed by atoms with E-state index in [4.69, 9.17) is 16.6 Å². The largest absolute Gasteiger partial charge is 0.480 e. The van der Waals surface area contributed by atoms with Gasteiger partial charge in [-0.25, -0.2) is 4.79 Å². The van der Waals surface area contributed by atoms with Crippen LogP contribution >= 0.6 is 0 Å². The number of carbonyl (C=O) groups is 3. The van der Waals surface area contributed by atoms with E-state index in [0.717, 1.165) is 17.7 Å². The fourth-order valence-electron chi connectivity index (χ4n) is 1.93. The zero-order chi connectivity index (χ0) is 13.7. The second kappa shape index (κ2) is 6.20. The van der Waals surface area contributed by atoms with E-state index >= 15 is 0 Å². The van der Waals surface area contributed by atoms with Crippen molar-refractivity contribution >= 4 is 17.9 Å². The van der Waals surface area contributed by atoms with Gasteiger partial charge in [-0.3, -0.25) is 9.59 Å². The Morgan fingerprint density at radius 3 is 2.50 bits per heavy atom. The molecule has 1 aliphatic rings. The topological polar surface area (TPSA) is 130 Å². The molecule has 5 N–H and O–H groups in total. The highest BCUT2D eigenvalue weighted by atomic mass is 16.4. The summed E-state index contributed by atoms with van der Waals surface area (Å²) in [6.07, 6.45) is 1.60. The lowest BCUT2D eigenvalue weighted by atomic mass is 10.1. The number of piperidine rings is 1. The van der Waals surface area contributed by atoms with E-state index in [1.807, 2.05) is 0 Å². The minimum Gasteiger partial charge on any atom is -0.480 e. The Hall–Kier alpha value is -1.83. The molecule has 1 rings (SSSR count). The molecule has 1 aliphatic heterocycles. The number of hydrogen-bond donors (Lipinski definition) is 3. The van der Waals surface area contributed by atoms with Gasteiger partial charge in [0.05, 0.1) is 0 Å². The van der Waals surface area contributed by atoms with Crippen molar-refractivity contribution in [1.29, 1.82) is 0 Å². The number of rotatable bonds is 4. The van der Waals surface area contributed by atoms with Gasteiger partial charge >= 0.3 is 12.0 Å². The van der Waals surface area contributed by atoms with E-state index in [0.29, 0.717) is 13.1 Å². The second-order valence-electron chi connectivity index (χ2n) is 4.35. The molecule has 0 aliphatic carbocycles. The monoisotopic (exact) mass is 258 g/mol.